The van der Waals surface area contributed by atoms with Crippen LogP contribution in [-0.2, 0) is 0 Å². The second kappa shape index (κ2) is 8.08. The number of thiazole rings is 1. The lowest BCUT2D eigenvalue weighted by molar-refractivity contribution is 0.0741. The van der Waals surface area contributed by atoms with Crippen molar-refractivity contribution in [1.82, 2.24) is 20.1 Å². The first kappa shape index (κ1) is 18.5. The standard InChI is InChI=1S/C22H19N5O2S/c28-22(18-15-30-21(23-18)16-5-2-1-3-6-16)27-12-10-26(11-13-27)20-9-8-17(24-25-20)19-7-4-14-29-19/h1-9,14-15H,10-13H2. The molecule has 0 saturated carbocycles. The summed E-state index contributed by atoms with van der Waals surface area (Å²) < 4.78 is 5.35. The first-order chi connectivity index (χ1) is 14.8. The lowest BCUT2D eigenvalue weighted by atomic mass is 10.2. The van der Waals surface area contributed by atoms with Gasteiger partial charge < -0.3 is 14.2 Å². The minimum absolute atomic E-state index is 0.0210. The van der Waals surface area contributed by atoms with Crippen molar-refractivity contribution in [3.8, 4) is 22.0 Å². The molecule has 1 aromatic carbocycles. The van der Waals surface area contributed by atoms with E-state index < -0.39 is 0 Å². The van der Waals surface area contributed by atoms with Crippen molar-refractivity contribution in [3.05, 3.63) is 71.9 Å². The van der Waals surface area contributed by atoms with E-state index in [-0.39, 0.29) is 5.91 Å². The Balaban J connectivity index is 1.22. The average Bonchev–Trinajstić information content (AvgIpc) is 3.52. The zero-order valence-electron chi connectivity index (χ0n) is 16.1. The van der Waals surface area contributed by atoms with E-state index in [1.807, 2.05) is 64.9 Å². The Bertz CT molecular complexity index is 1120. The van der Waals surface area contributed by atoms with Crippen LogP contribution in [0.2, 0.25) is 0 Å². The Morgan fingerprint density at radius 1 is 0.933 bits per heavy atom. The van der Waals surface area contributed by atoms with Crippen LogP contribution in [0.5, 0.6) is 0 Å². The van der Waals surface area contributed by atoms with Gasteiger partial charge in [0.2, 0.25) is 0 Å². The Labute approximate surface area is 177 Å². The minimum atomic E-state index is -0.0210. The van der Waals surface area contributed by atoms with Gasteiger partial charge in [-0.25, -0.2) is 4.98 Å². The number of carbonyl (C=O) groups is 1. The van der Waals surface area contributed by atoms with Crippen LogP contribution in [0.3, 0.4) is 0 Å². The van der Waals surface area contributed by atoms with Crippen LogP contribution in [0.4, 0.5) is 5.82 Å². The van der Waals surface area contributed by atoms with Gasteiger partial charge in [0.1, 0.15) is 16.4 Å². The molecular weight excluding hydrogens is 398 g/mol. The van der Waals surface area contributed by atoms with Gasteiger partial charge in [0.15, 0.2) is 11.6 Å². The van der Waals surface area contributed by atoms with Crippen LogP contribution in [0.15, 0.2) is 70.7 Å². The van der Waals surface area contributed by atoms with Gasteiger partial charge in [-0.05, 0) is 24.3 Å². The van der Waals surface area contributed by atoms with Crippen LogP contribution < -0.4 is 4.90 Å². The number of hydrogen-bond donors (Lipinski definition) is 0. The van der Waals surface area contributed by atoms with Crippen molar-refractivity contribution >= 4 is 23.1 Å². The topological polar surface area (TPSA) is 75.4 Å². The fourth-order valence-electron chi connectivity index (χ4n) is 3.44. The molecule has 1 fully saturated rings. The maximum absolute atomic E-state index is 12.9. The van der Waals surface area contributed by atoms with Crippen LogP contribution in [0.1, 0.15) is 10.5 Å². The Kier molecular flexibility index (Phi) is 4.98. The lowest BCUT2D eigenvalue weighted by Crippen LogP contribution is -2.49. The summed E-state index contributed by atoms with van der Waals surface area (Å²) in [4.78, 5) is 21.4. The highest BCUT2D eigenvalue weighted by Gasteiger charge is 2.25. The molecule has 1 saturated heterocycles. The van der Waals surface area contributed by atoms with Gasteiger partial charge in [-0.15, -0.1) is 21.5 Å². The van der Waals surface area contributed by atoms with Crippen molar-refractivity contribution in [1.29, 1.82) is 0 Å². The SMILES string of the molecule is O=C(c1csc(-c2ccccc2)n1)N1CCN(c2ccc(-c3ccco3)nn2)CC1. The van der Waals surface area contributed by atoms with E-state index in [9.17, 15) is 4.79 Å². The number of hydrogen-bond acceptors (Lipinski definition) is 7. The minimum Gasteiger partial charge on any atom is -0.463 e. The molecule has 0 atom stereocenters. The summed E-state index contributed by atoms with van der Waals surface area (Å²) in [5.41, 5.74) is 2.24. The molecule has 7 nitrogen and oxygen atoms in total. The van der Waals surface area contributed by atoms with Gasteiger partial charge in [-0.1, -0.05) is 30.3 Å². The molecule has 150 valence electrons. The molecule has 0 bridgehead atoms. The van der Waals surface area contributed by atoms with E-state index in [2.05, 4.69) is 20.1 Å². The molecule has 4 heterocycles. The zero-order chi connectivity index (χ0) is 20.3. The number of benzene rings is 1. The van der Waals surface area contributed by atoms with Gasteiger partial charge in [0, 0.05) is 37.1 Å². The van der Waals surface area contributed by atoms with Crippen molar-refractivity contribution in [2.75, 3.05) is 31.1 Å². The van der Waals surface area contributed by atoms with Crippen LogP contribution >= 0.6 is 11.3 Å². The summed E-state index contributed by atoms with van der Waals surface area (Å²) in [6, 6.07) is 17.4. The van der Waals surface area contributed by atoms with Crippen molar-refractivity contribution < 1.29 is 9.21 Å². The fourth-order valence-corrected chi connectivity index (χ4v) is 4.24. The normalized spacial score (nSPS) is 14.1. The molecule has 0 radical (unpaired) electrons. The van der Waals surface area contributed by atoms with Crippen LogP contribution in [0, 0.1) is 0 Å². The van der Waals surface area contributed by atoms with Crippen LogP contribution in [0.25, 0.3) is 22.0 Å². The molecule has 5 rings (SSSR count). The molecule has 0 spiro atoms. The highest BCUT2D eigenvalue weighted by molar-refractivity contribution is 7.13. The number of piperazine rings is 1. The molecule has 8 heteroatoms. The summed E-state index contributed by atoms with van der Waals surface area (Å²) in [5.74, 6) is 1.48. The van der Waals surface area contributed by atoms with E-state index in [4.69, 9.17) is 4.42 Å². The Morgan fingerprint density at radius 3 is 2.47 bits per heavy atom. The second-order valence-corrected chi connectivity index (χ2v) is 7.80. The quantitative estimate of drug-likeness (QED) is 0.502. The monoisotopic (exact) mass is 417 g/mol. The lowest BCUT2D eigenvalue weighted by Gasteiger charge is -2.34. The third-order valence-corrected chi connectivity index (χ3v) is 5.95. The Morgan fingerprint density at radius 2 is 1.77 bits per heavy atom. The highest BCUT2D eigenvalue weighted by atomic mass is 32.1. The molecule has 0 N–H and O–H groups in total. The molecular formula is C22H19N5O2S. The molecule has 0 aliphatic carbocycles. The second-order valence-electron chi connectivity index (χ2n) is 6.94. The van der Waals surface area contributed by atoms with E-state index in [1.165, 1.54) is 11.3 Å². The summed E-state index contributed by atoms with van der Waals surface area (Å²) >= 11 is 1.50. The average molecular weight is 417 g/mol. The van der Waals surface area contributed by atoms with Gasteiger partial charge in [-0.2, -0.15) is 0 Å². The highest BCUT2D eigenvalue weighted by Crippen LogP contribution is 2.24. The predicted octanol–water partition coefficient (Wildman–Crippen LogP) is 3.82. The first-order valence-corrected chi connectivity index (χ1v) is 10.6. The largest absolute Gasteiger partial charge is 0.463 e. The van der Waals surface area contributed by atoms with Gasteiger partial charge in [-0.3, -0.25) is 4.79 Å². The summed E-state index contributed by atoms with van der Waals surface area (Å²) in [7, 11) is 0. The third-order valence-electron chi connectivity index (χ3n) is 5.06. The van der Waals surface area contributed by atoms with Gasteiger partial charge >= 0.3 is 0 Å². The zero-order valence-corrected chi connectivity index (χ0v) is 17.0. The number of amides is 1. The van der Waals surface area contributed by atoms with Crippen molar-refractivity contribution in [2.24, 2.45) is 0 Å². The summed E-state index contributed by atoms with van der Waals surface area (Å²) in [6.45, 7) is 2.66. The molecule has 30 heavy (non-hydrogen) atoms. The molecule has 0 unspecified atom stereocenters. The molecule has 3 aromatic heterocycles. The summed E-state index contributed by atoms with van der Waals surface area (Å²) in [5, 5.41) is 11.3. The predicted molar refractivity (Wildman–Crippen MR) is 115 cm³/mol. The maximum Gasteiger partial charge on any atom is 0.273 e. The van der Waals surface area contributed by atoms with Crippen LogP contribution in [-0.4, -0.2) is 52.2 Å². The van der Waals surface area contributed by atoms with Gasteiger partial charge in [0.25, 0.3) is 5.91 Å². The number of furan rings is 1. The van der Waals surface area contributed by atoms with E-state index in [0.29, 0.717) is 43.3 Å². The maximum atomic E-state index is 12.9. The summed E-state index contributed by atoms with van der Waals surface area (Å²) in [6.07, 6.45) is 1.62. The first-order valence-electron chi connectivity index (χ1n) is 9.71. The molecule has 1 aliphatic heterocycles. The molecule has 1 aliphatic rings. The number of nitrogens with zero attached hydrogens (tertiary/aromatic N) is 5. The van der Waals surface area contributed by atoms with Crippen molar-refractivity contribution in [2.45, 2.75) is 0 Å². The molecule has 1 amide bonds. The fraction of sp³-hybridized carbons (Fsp3) is 0.182. The third kappa shape index (κ3) is 3.69. The number of rotatable bonds is 4. The molecule has 4 aromatic rings. The van der Waals surface area contributed by atoms with Crippen molar-refractivity contribution in [3.63, 3.8) is 0 Å². The Hall–Kier alpha value is -3.52. The van der Waals surface area contributed by atoms with E-state index >= 15 is 0 Å². The number of anilines is 1. The van der Waals surface area contributed by atoms with E-state index in [1.54, 1.807) is 6.26 Å². The van der Waals surface area contributed by atoms with Gasteiger partial charge in [0.05, 0.1) is 6.26 Å². The smallest absolute Gasteiger partial charge is 0.273 e. The number of aromatic nitrogens is 3. The number of carbonyl (C=O) groups excluding carboxylic acids is 1. The van der Waals surface area contributed by atoms with E-state index in [0.717, 1.165) is 16.4 Å².